The third-order valence-corrected chi connectivity index (χ3v) is 7.82. The molecule has 0 aromatic rings. The van der Waals surface area contributed by atoms with E-state index < -0.39 is 11.6 Å². The van der Waals surface area contributed by atoms with Crippen LogP contribution in [-0.2, 0) is 4.79 Å². The highest BCUT2D eigenvalue weighted by Crippen LogP contribution is 2.64. The van der Waals surface area contributed by atoms with Gasteiger partial charge >= 0.3 is 0 Å². The number of carboxylic acids is 1. The van der Waals surface area contributed by atoms with Crippen LogP contribution < -0.4 is 0 Å². The van der Waals surface area contributed by atoms with Crippen LogP contribution in [0.1, 0.15) is 65.2 Å². The van der Waals surface area contributed by atoms with Crippen LogP contribution in [0.4, 0.5) is 0 Å². The lowest BCUT2D eigenvalue weighted by Gasteiger charge is -2.55. The minimum atomic E-state index is -0.887. The van der Waals surface area contributed by atoms with Gasteiger partial charge in [0.15, 0.2) is 0 Å². The number of allylic oxidation sites excluding steroid dienone is 1. The molecule has 7 atom stereocenters. The number of carboxylic acid groups (broad SMARTS) is 1. The summed E-state index contributed by atoms with van der Waals surface area (Å²) in [5.74, 6) is 4.66. The van der Waals surface area contributed by atoms with Crippen molar-refractivity contribution in [2.75, 3.05) is 0 Å². The van der Waals surface area contributed by atoms with Crippen molar-refractivity contribution in [2.24, 2.45) is 29.1 Å². The number of fused-ring (bicyclic) bond motifs is 5. The van der Waals surface area contributed by atoms with Crippen molar-refractivity contribution in [3.05, 3.63) is 11.6 Å². The number of terminal acetylenes is 1. The fraction of sp³-hybridized carbons (Fsp3) is 0.773. The lowest BCUT2D eigenvalue weighted by molar-refractivity contribution is -0.134. The van der Waals surface area contributed by atoms with Gasteiger partial charge in [0.2, 0.25) is 0 Å². The van der Waals surface area contributed by atoms with Gasteiger partial charge in [-0.1, -0.05) is 24.5 Å². The fourth-order valence-corrected chi connectivity index (χ4v) is 6.57. The van der Waals surface area contributed by atoms with Crippen LogP contribution in [0.25, 0.3) is 0 Å². The molecule has 3 saturated carbocycles. The van der Waals surface area contributed by atoms with Crippen molar-refractivity contribution in [1.29, 1.82) is 0 Å². The Kier molecular flexibility index (Phi) is 5.25. The highest BCUT2D eigenvalue weighted by molar-refractivity contribution is 5.62. The SMILES string of the molecule is C#C[C@]1(O)CC[C@H]2[C@@H]3CCC4=C[C@@H](O)CC[C@@H]4[C@H]3CC[C@@]21C.CC(=O)O. The molecule has 4 aliphatic rings. The van der Waals surface area contributed by atoms with Crippen LogP contribution in [-0.4, -0.2) is 33.0 Å². The van der Waals surface area contributed by atoms with Crippen molar-refractivity contribution in [1.82, 2.24) is 0 Å². The quantitative estimate of drug-likeness (QED) is 0.457. The topological polar surface area (TPSA) is 77.8 Å². The summed E-state index contributed by atoms with van der Waals surface area (Å²) >= 11 is 0. The zero-order chi connectivity index (χ0) is 19.1. The van der Waals surface area contributed by atoms with E-state index in [1.807, 2.05) is 0 Å². The monoisotopic (exact) mass is 360 g/mol. The zero-order valence-electron chi connectivity index (χ0n) is 15.9. The molecule has 4 aliphatic carbocycles. The second-order valence-electron chi connectivity index (χ2n) is 8.98. The first kappa shape index (κ1) is 19.5. The molecule has 0 spiro atoms. The van der Waals surface area contributed by atoms with Crippen LogP contribution in [0.2, 0.25) is 0 Å². The summed E-state index contributed by atoms with van der Waals surface area (Å²) in [6, 6.07) is 0. The summed E-state index contributed by atoms with van der Waals surface area (Å²) in [6.45, 7) is 3.33. The molecule has 0 aliphatic heterocycles. The second kappa shape index (κ2) is 7.02. The van der Waals surface area contributed by atoms with Gasteiger partial charge in [0.1, 0.15) is 5.60 Å². The van der Waals surface area contributed by atoms with E-state index in [-0.39, 0.29) is 11.5 Å². The van der Waals surface area contributed by atoms with Crippen LogP contribution in [0, 0.1) is 41.4 Å². The molecule has 0 aromatic carbocycles. The van der Waals surface area contributed by atoms with Crippen molar-refractivity contribution in [3.63, 3.8) is 0 Å². The van der Waals surface area contributed by atoms with E-state index in [1.165, 1.54) is 18.4 Å². The highest BCUT2D eigenvalue weighted by Gasteiger charge is 2.61. The number of rotatable bonds is 0. The fourth-order valence-electron chi connectivity index (χ4n) is 6.57. The number of aliphatic hydroxyl groups is 2. The first-order valence-corrected chi connectivity index (χ1v) is 10.00. The summed E-state index contributed by atoms with van der Waals surface area (Å²) in [6.07, 6.45) is 16.2. The average molecular weight is 360 g/mol. The average Bonchev–Trinajstić information content (AvgIpc) is 2.86. The van der Waals surface area contributed by atoms with Gasteiger partial charge in [0.25, 0.3) is 5.97 Å². The van der Waals surface area contributed by atoms with Gasteiger partial charge in [0.05, 0.1) is 6.10 Å². The molecule has 0 saturated heterocycles. The Morgan fingerprint density at radius 3 is 2.54 bits per heavy atom. The van der Waals surface area contributed by atoms with Gasteiger partial charge in [0, 0.05) is 12.3 Å². The Morgan fingerprint density at radius 1 is 1.19 bits per heavy atom. The van der Waals surface area contributed by atoms with Gasteiger partial charge in [-0.2, -0.15) is 0 Å². The molecular formula is C22H32O4. The molecule has 3 fully saturated rings. The van der Waals surface area contributed by atoms with E-state index in [0.29, 0.717) is 11.8 Å². The smallest absolute Gasteiger partial charge is 0.300 e. The molecule has 26 heavy (non-hydrogen) atoms. The van der Waals surface area contributed by atoms with Crippen molar-refractivity contribution >= 4 is 5.97 Å². The third-order valence-electron chi connectivity index (χ3n) is 7.82. The number of carbonyl (C=O) groups is 1. The Bertz CT molecular complexity index is 629. The summed E-state index contributed by atoms with van der Waals surface area (Å²) in [5.41, 5.74) is 0.550. The first-order valence-electron chi connectivity index (χ1n) is 10.00. The number of hydrogen-bond acceptors (Lipinski definition) is 3. The van der Waals surface area contributed by atoms with E-state index in [0.717, 1.165) is 57.3 Å². The van der Waals surface area contributed by atoms with Crippen LogP contribution in [0.15, 0.2) is 11.6 Å². The number of aliphatic hydroxyl groups excluding tert-OH is 1. The van der Waals surface area contributed by atoms with Crippen molar-refractivity contribution in [2.45, 2.75) is 76.9 Å². The lowest BCUT2D eigenvalue weighted by atomic mass is 9.50. The van der Waals surface area contributed by atoms with Crippen molar-refractivity contribution < 1.29 is 20.1 Å². The predicted molar refractivity (Wildman–Crippen MR) is 100 cm³/mol. The largest absolute Gasteiger partial charge is 0.481 e. The normalized spacial score (nSPS) is 46.4. The molecule has 0 radical (unpaired) electrons. The van der Waals surface area contributed by atoms with Gasteiger partial charge in [-0.3, -0.25) is 4.79 Å². The molecule has 0 unspecified atom stereocenters. The maximum Gasteiger partial charge on any atom is 0.300 e. The summed E-state index contributed by atoms with van der Waals surface area (Å²) in [5, 5.41) is 28.3. The molecule has 0 heterocycles. The molecule has 0 amide bonds. The van der Waals surface area contributed by atoms with Crippen molar-refractivity contribution in [3.8, 4) is 12.3 Å². The number of aliphatic carboxylic acids is 1. The predicted octanol–water partition coefficient (Wildman–Crippen LogP) is 3.38. The minimum absolute atomic E-state index is 0.0850. The minimum Gasteiger partial charge on any atom is -0.481 e. The van der Waals surface area contributed by atoms with Gasteiger partial charge in [-0.05, 0) is 75.0 Å². The van der Waals surface area contributed by atoms with Gasteiger partial charge in [-0.25, -0.2) is 0 Å². The van der Waals surface area contributed by atoms with Crippen LogP contribution in [0.3, 0.4) is 0 Å². The van der Waals surface area contributed by atoms with Crippen LogP contribution >= 0.6 is 0 Å². The molecule has 3 N–H and O–H groups in total. The van der Waals surface area contributed by atoms with E-state index in [4.69, 9.17) is 16.3 Å². The molecule has 144 valence electrons. The van der Waals surface area contributed by atoms with E-state index >= 15 is 0 Å². The molecular weight excluding hydrogens is 328 g/mol. The summed E-state index contributed by atoms with van der Waals surface area (Å²) in [7, 11) is 0. The highest BCUT2D eigenvalue weighted by atomic mass is 16.4. The first-order chi connectivity index (χ1) is 12.2. The van der Waals surface area contributed by atoms with Gasteiger partial charge < -0.3 is 15.3 Å². The summed E-state index contributed by atoms with van der Waals surface area (Å²) < 4.78 is 0. The van der Waals surface area contributed by atoms with Crippen LogP contribution in [0.5, 0.6) is 0 Å². The summed E-state index contributed by atoms with van der Waals surface area (Å²) in [4.78, 5) is 9.00. The van der Waals surface area contributed by atoms with E-state index in [1.54, 1.807) is 0 Å². The molecule has 0 bridgehead atoms. The maximum absolute atomic E-state index is 10.9. The Labute approximate surface area is 156 Å². The Balaban J connectivity index is 0.000000447. The lowest BCUT2D eigenvalue weighted by Crippen LogP contribution is -2.52. The molecule has 4 nitrogen and oxygen atoms in total. The van der Waals surface area contributed by atoms with E-state index in [2.05, 4.69) is 18.9 Å². The maximum atomic E-state index is 10.9. The third kappa shape index (κ3) is 3.10. The molecule has 4 heteroatoms. The Hall–Kier alpha value is -1.31. The second-order valence-corrected chi connectivity index (χ2v) is 8.98. The van der Waals surface area contributed by atoms with Gasteiger partial charge in [-0.15, -0.1) is 6.42 Å². The number of hydrogen-bond donors (Lipinski definition) is 3. The Morgan fingerprint density at radius 2 is 1.88 bits per heavy atom. The standard InChI is InChI=1S/C20H28O2.C2H4O2/c1-3-20(22)11-9-18-17-6-4-13-12-14(21)5-7-15(13)16(17)8-10-19(18,20)2;1-2(3)4/h1,12,14-18,21-22H,4-11H2,2H3;1H3,(H,3,4)/t14-,15-,16+,17+,18-,19-,20-;/m0./s1. The van der Waals surface area contributed by atoms with E-state index in [9.17, 15) is 10.2 Å². The zero-order valence-corrected chi connectivity index (χ0v) is 15.9. The molecule has 4 rings (SSSR count). The molecule has 0 aromatic heterocycles.